The van der Waals surface area contributed by atoms with Gasteiger partial charge in [0, 0.05) is 6.08 Å². The minimum atomic E-state index is -0.441. The molecule has 0 aliphatic rings. The fourth-order valence-electron chi connectivity index (χ4n) is 0.968. The minimum Gasteiger partial charge on any atom is -0.366 e. The van der Waals surface area contributed by atoms with E-state index in [9.17, 15) is 4.79 Å². The second-order valence-electron chi connectivity index (χ2n) is 2.61. The Hall–Kier alpha value is -1.83. The Labute approximate surface area is 77.4 Å². The lowest BCUT2D eigenvalue weighted by atomic mass is 10.1. The molecule has 66 valence electrons. The molecule has 2 heteroatoms. The van der Waals surface area contributed by atoms with Crippen LogP contribution in [0.3, 0.4) is 0 Å². The number of amides is 1. The van der Waals surface area contributed by atoms with E-state index in [2.05, 4.69) is 6.58 Å². The zero-order valence-electron chi connectivity index (χ0n) is 7.23. The molecule has 0 heterocycles. The number of hydrogen-bond donors (Lipinski definition) is 1. The first kappa shape index (κ1) is 9.26. The monoisotopic (exact) mass is 173 g/mol. The quantitative estimate of drug-likeness (QED) is 0.696. The number of benzene rings is 1. The Bertz CT molecular complexity index is 353. The summed E-state index contributed by atoms with van der Waals surface area (Å²) < 4.78 is 0. The van der Waals surface area contributed by atoms with Crippen molar-refractivity contribution < 1.29 is 4.79 Å². The average molecular weight is 173 g/mol. The van der Waals surface area contributed by atoms with Gasteiger partial charge in [0.2, 0.25) is 5.91 Å². The van der Waals surface area contributed by atoms with Crippen LogP contribution in [0.5, 0.6) is 0 Å². The van der Waals surface area contributed by atoms with Crippen LogP contribution in [0.4, 0.5) is 0 Å². The van der Waals surface area contributed by atoms with Crippen LogP contribution in [-0.2, 0) is 4.79 Å². The molecule has 0 fully saturated rings. The van der Waals surface area contributed by atoms with Gasteiger partial charge >= 0.3 is 0 Å². The second-order valence-corrected chi connectivity index (χ2v) is 2.61. The van der Waals surface area contributed by atoms with Gasteiger partial charge in [0.25, 0.3) is 0 Å². The average Bonchev–Trinajstić information content (AvgIpc) is 2.15. The Kier molecular flexibility index (Phi) is 3.03. The molecule has 0 spiro atoms. The Balaban J connectivity index is 2.89. The van der Waals surface area contributed by atoms with Crippen LogP contribution >= 0.6 is 0 Å². The molecular formula is C11H11NO. The lowest BCUT2D eigenvalue weighted by Crippen LogP contribution is -2.05. The van der Waals surface area contributed by atoms with E-state index in [0.717, 1.165) is 11.1 Å². The number of carbonyl (C=O) groups is 1. The first-order valence-electron chi connectivity index (χ1n) is 3.92. The van der Waals surface area contributed by atoms with Crippen LogP contribution in [0, 0.1) is 0 Å². The van der Waals surface area contributed by atoms with Crippen molar-refractivity contribution in [3.8, 4) is 0 Å². The summed E-state index contributed by atoms with van der Waals surface area (Å²) in [6.07, 6.45) is 4.76. The summed E-state index contributed by atoms with van der Waals surface area (Å²) in [5.74, 6) is -0.441. The zero-order valence-corrected chi connectivity index (χ0v) is 7.23. The molecule has 0 aromatic heterocycles. The van der Waals surface area contributed by atoms with E-state index in [1.54, 1.807) is 12.2 Å². The normalized spacial score (nSPS) is 10.2. The maximum Gasteiger partial charge on any atom is 0.241 e. The third-order valence-corrected chi connectivity index (χ3v) is 1.59. The van der Waals surface area contributed by atoms with Crippen LogP contribution < -0.4 is 5.73 Å². The van der Waals surface area contributed by atoms with Gasteiger partial charge in [-0.15, -0.1) is 0 Å². The van der Waals surface area contributed by atoms with E-state index in [-0.39, 0.29) is 0 Å². The van der Waals surface area contributed by atoms with Crippen LogP contribution in [0.2, 0.25) is 0 Å². The minimum absolute atomic E-state index is 0.441. The largest absolute Gasteiger partial charge is 0.366 e. The standard InChI is InChI=1S/C11H11NO/c1-2-9-4-3-5-10(8-9)6-7-11(12)13/h2-8H,1H2,(H2,12,13). The molecule has 1 aromatic carbocycles. The van der Waals surface area contributed by atoms with Crippen molar-refractivity contribution in [1.29, 1.82) is 0 Å². The summed E-state index contributed by atoms with van der Waals surface area (Å²) in [4.78, 5) is 10.4. The van der Waals surface area contributed by atoms with Crippen LogP contribution in [0.1, 0.15) is 11.1 Å². The van der Waals surface area contributed by atoms with E-state index in [1.807, 2.05) is 24.3 Å². The number of hydrogen-bond acceptors (Lipinski definition) is 1. The molecule has 0 aliphatic carbocycles. The van der Waals surface area contributed by atoms with Crippen LogP contribution in [0.15, 0.2) is 36.9 Å². The lowest BCUT2D eigenvalue weighted by Gasteiger charge is -1.94. The van der Waals surface area contributed by atoms with Gasteiger partial charge in [0.05, 0.1) is 0 Å². The maximum absolute atomic E-state index is 10.4. The van der Waals surface area contributed by atoms with Crippen molar-refractivity contribution in [3.05, 3.63) is 48.0 Å². The number of nitrogens with two attached hydrogens (primary N) is 1. The number of primary amides is 1. The summed E-state index contributed by atoms with van der Waals surface area (Å²) >= 11 is 0. The van der Waals surface area contributed by atoms with Gasteiger partial charge < -0.3 is 5.73 Å². The SMILES string of the molecule is C=Cc1cccc(C=CC(N)=O)c1. The van der Waals surface area contributed by atoms with Crippen molar-refractivity contribution >= 4 is 18.1 Å². The highest BCUT2D eigenvalue weighted by Crippen LogP contribution is 2.07. The molecule has 1 rings (SSSR count). The molecule has 0 radical (unpaired) electrons. The number of carbonyl (C=O) groups excluding carboxylic acids is 1. The third kappa shape index (κ3) is 2.95. The topological polar surface area (TPSA) is 43.1 Å². The van der Waals surface area contributed by atoms with Gasteiger partial charge in [-0.25, -0.2) is 0 Å². The van der Waals surface area contributed by atoms with E-state index in [1.165, 1.54) is 6.08 Å². The second kappa shape index (κ2) is 4.26. The molecule has 0 aliphatic heterocycles. The molecule has 1 amide bonds. The van der Waals surface area contributed by atoms with E-state index in [4.69, 9.17) is 5.73 Å². The lowest BCUT2D eigenvalue weighted by molar-refractivity contribution is -0.113. The zero-order chi connectivity index (χ0) is 9.68. The molecule has 2 N–H and O–H groups in total. The van der Waals surface area contributed by atoms with Crippen LogP contribution in [-0.4, -0.2) is 5.91 Å². The van der Waals surface area contributed by atoms with Gasteiger partial charge in [-0.05, 0) is 23.3 Å². The first-order valence-corrected chi connectivity index (χ1v) is 3.92. The predicted octanol–water partition coefficient (Wildman–Crippen LogP) is 1.83. The summed E-state index contributed by atoms with van der Waals surface area (Å²) in [7, 11) is 0. The smallest absolute Gasteiger partial charge is 0.241 e. The van der Waals surface area contributed by atoms with Crippen molar-refractivity contribution in [2.24, 2.45) is 5.73 Å². The molecule has 0 bridgehead atoms. The van der Waals surface area contributed by atoms with Crippen molar-refractivity contribution in [2.45, 2.75) is 0 Å². The first-order chi connectivity index (χ1) is 6.22. The highest BCUT2D eigenvalue weighted by atomic mass is 16.1. The van der Waals surface area contributed by atoms with E-state index < -0.39 is 5.91 Å². The maximum atomic E-state index is 10.4. The van der Waals surface area contributed by atoms with Gasteiger partial charge in [-0.2, -0.15) is 0 Å². The molecular weight excluding hydrogens is 162 g/mol. The number of rotatable bonds is 3. The molecule has 0 unspecified atom stereocenters. The Morgan fingerprint density at radius 2 is 2.08 bits per heavy atom. The molecule has 0 saturated heterocycles. The molecule has 0 saturated carbocycles. The van der Waals surface area contributed by atoms with Gasteiger partial charge in [0.1, 0.15) is 0 Å². The van der Waals surface area contributed by atoms with Gasteiger partial charge in [0.15, 0.2) is 0 Å². The highest BCUT2D eigenvalue weighted by molar-refractivity contribution is 5.90. The van der Waals surface area contributed by atoms with Crippen LogP contribution in [0.25, 0.3) is 12.2 Å². The van der Waals surface area contributed by atoms with Crippen molar-refractivity contribution in [3.63, 3.8) is 0 Å². The molecule has 0 atom stereocenters. The molecule has 1 aromatic rings. The van der Waals surface area contributed by atoms with Gasteiger partial charge in [-0.3, -0.25) is 4.79 Å². The molecule has 13 heavy (non-hydrogen) atoms. The Morgan fingerprint density at radius 1 is 1.38 bits per heavy atom. The third-order valence-electron chi connectivity index (χ3n) is 1.59. The van der Waals surface area contributed by atoms with Crippen molar-refractivity contribution in [2.75, 3.05) is 0 Å². The van der Waals surface area contributed by atoms with Gasteiger partial charge in [-0.1, -0.05) is 30.9 Å². The van der Waals surface area contributed by atoms with E-state index >= 15 is 0 Å². The van der Waals surface area contributed by atoms with Crippen molar-refractivity contribution in [1.82, 2.24) is 0 Å². The summed E-state index contributed by atoms with van der Waals surface area (Å²) in [6.45, 7) is 3.65. The fraction of sp³-hybridized carbons (Fsp3) is 0. The van der Waals surface area contributed by atoms with E-state index in [0.29, 0.717) is 0 Å². The fourth-order valence-corrected chi connectivity index (χ4v) is 0.968. The molecule has 2 nitrogen and oxygen atoms in total. The highest BCUT2D eigenvalue weighted by Gasteiger charge is 1.89. The summed E-state index contributed by atoms with van der Waals surface area (Å²) in [6, 6.07) is 7.66. The predicted molar refractivity (Wildman–Crippen MR) is 54.8 cm³/mol. The Morgan fingerprint density at radius 3 is 2.69 bits per heavy atom. The summed E-state index contributed by atoms with van der Waals surface area (Å²) in [5.41, 5.74) is 6.93. The summed E-state index contributed by atoms with van der Waals surface area (Å²) in [5, 5.41) is 0.